The minimum absolute atomic E-state index is 0.000858. The average Bonchev–Trinajstić information content (AvgIpc) is 3.88. The van der Waals surface area contributed by atoms with E-state index in [9.17, 15) is 14.4 Å². The lowest BCUT2D eigenvalue weighted by Gasteiger charge is -2.17. The van der Waals surface area contributed by atoms with Gasteiger partial charge in [-0.2, -0.15) is 15.0 Å². The first kappa shape index (κ1) is 27.8. The molecule has 14 heteroatoms. The van der Waals surface area contributed by atoms with Gasteiger partial charge in [0.2, 0.25) is 24.2 Å². The molecule has 4 aromatic heterocycles. The number of aryl methyl sites for hydroxylation is 1. The van der Waals surface area contributed by atoms with Crippen LogP contribution in [0.2, 0.25) is 0 Å². The molecule has 44 heavy (non-hydrogen) atoms. The number of fused-ring (bicyclic) bond motifs is 1. The van der Waals surface area contributed by atoms with Crippen molar-refractivity contribution in [3.05, 3.63) is 59.3 Å². The minimum Gasteiger partial charge on any atom is -0.348 e. The Balaban J connectivity index is 0.000000264. The summed E-state index contributed by atoms with van der Waals surface area (Å²) in [5.41, 5.74) is 4.17. The number of rotatable bonds is 9. The number of anilines is 3. The Kier molecular flexibility index (Phi) is 7.10. The summed E-state index contributed by atoms with van der Waals surface area (Å²) in [6.45, 7) is 2.34. The zero-order valence-corrected chi connectivity index (χ0v) is 24.6. The number of nitrogens with zero attached hydrogens (tertiary/aromatic N) is 9. The summed E-state index contributed by atoms with van der Waals surface area (Å²) in [5.74, 6) is 3.48. The second kappa shape index (κ2) is 11.2. The Morgan fingerprint density at radius 1 is 0.909 bits per heavy atom. The van der Waals surface area contributed by atoms with E-state index in [4.69, 9.17) is 4.98 Å². The van der Waals surface area contributed by atoms with E-state index in [2.05, 4.69) is 35.6 Å². The number of amides is 4. The number of imidazole rings is 1. The highest BCUT2D eigenvalue weighted by atomic mass is 16.2. The van der Waals surface area contributed by atoms with E-state index in [1.54, 1.807) is 0 Å². The number of aromatic nitrogens is 7. The van der Waals surface area contributed by atoms with Crippen molar-refractivity contribution in [2.45, 2.75) is 69.7 Å². The van der Waals surface area contributed by atoms with Crippen LogP contribution in [-0.4, -0.2) is 71.1 Å². The third-order valence-corrected chi connectivity index (χ3v) is 8.09. The molecule has 1 aliphatic heterocycles. The average molecular weight is 596 g/mol. The van der Waals surface area contributed by atoms with Crippen molar-refractivity contribution in [3.8, 4) is 0 Å². The van der Waals surface area contributed by atoms with Crippen molar-refractivity contribution in [2.75, 3.05) is 29.1 Å². The molecule has 2 N–H and O–H groups in total. The number of urea groups is 1. The van der Waals surface area contributed by atoms with E-state index in [0.717, 1.165) is 53.4 Å². The first-order valence-corrected chi connectivity index (χ1v) is 15.0. The molecule has 0 radical (unpaired) electrons. The maximum Gasteiger partial charge on any atom is 0.331 e. The topological polar surface area (TPSA) is 164 Å². The molecule has 0 aromatic carbocycles. The molecule has 3 saturated carbocycles. The quantitative estimate of drug-likeness (QED) is 0.216. The molecule has 8 rings (SSSR count). The number of carbonyl (C=O) groups excluding carboxylic acids is 3. The molecule has 226 valence electrons. The third-order valence-electron chi connectivity index (χ3n) is 8.09. The van der Waals surface area contributed by atoms with E-state index < -0.39 is 0 Å². The number of hydrogen-bond donors (Lipinski definition) is 2. The van der Waals surface area contributed by atoms with Gasteiger partial charge < -0.3 is 9.72 Å². The zero-order chi connectivity index (χ0) is 30.4. The van der Waals surface area contributed by atoms with E-state index in [0.29, 0.717) is 53.8 Å². The maximum absolute atomic E-state index is 12.7. The maximum atomic E-state index is 12.7. The Labute approximate surface area is 253 Å². The smallest absolute Gasteiger partial charge is 0.331 e. The molecule has 14 nitrogen and oxygen atoms in total. The van der Waals surface area contributed by atoms with E-state index >= 15 is 0 Å². The number of likely N-dealkylation sites (N-methyl/N-ethyl adjacent to an activating group) is 1. The van der Waals surface area contributed by atoms with Gasteiger partial charge >= 0.3 is 6.03 Å². The first-order chi connectivity index (χ1) is 21.4. The van der Waals surface area contributed by atoms with Crippen LogP contribution in [0, 0.1) is 6.92 Å². The number of carbonyl (C=O) groups is 3. The van der Waals surface area contributed by atoms with E-state index in [1.807, 2.05) is 42.0 Å². The highest BCUT2D eigenvalue weighted by Gasteiger charge is 2.36. The number of nitrogens with one attached hydrogen (secondary N) is 2. The van der Waals surface area contributed by atoms with E-state index in [1.165, 1.54) is 24.8 Å². The largest absolute Gasteiger partial charge is 0.348 e. The van der Waals surface area contributed by atoms with Gasteiger partial charge in [0.1, 0.15) is 18.2 Å². The SMILES string of the molecule is CN1C(=O)CN(c2cc(C3CC3)cn3cc(CNc4nc(NC=O)nc(C5CC5)n4)nc23)C1=O.Cc1ccnc(C2CC2)n1. The van der Waals surface area contributed by atoms with Crippen LogP contribution in [0.3, 0.4) is 0 Å². The predicted molar refractivity (Wildman–Crippen MR) is 160 cm³/mol. The summed E-state index contributed by atoms with van der Waals surface area (Å²) in [6, 6.07) is 3.56. The van der Waals surface area contributed by atoms with Crippen LogP contribution in [0.25, 0.3) is 5.65 Å². The standard InChI is InChI=1S/C22H23N9O3.C8H10N2/c1-29-17(33)10-31(22(29)34)16-6-14(12-2-3-12)8-30-9-15(25-19(16)30)7-23-20-26-18(13-4-5-13)27-21(28-20)24-11-32;1-6-4-5-9-8(10-6)7-2-3-7/h6,8-9,11-13H,2-5,7,10H2,1H3,(H2,23,24,26,27,28,32);4-5,7H,2-3H2,1H3. The lowest BCUT2D eigenvalue weighted by molar-refractivity contribution is -0.123. The highest BCUT2D eigenvalue weighted by Crippen LogP contribution is 2.42. The van der Waals surface area contributed by atoms with Crippen LogP contribution in [0.4, 0.5) is 22.4 Å². The molecule has 1 saturated heterocycles. The summed E-state index contributed by atoms with van der Waals surface area (Å²) in [5, 5.41) is 5.66. The van der Waals surface area contributed by atoms with Crippen molar-refractivity contribution in [1.82, 2.24) is 39.2 Å². The number of hydrogen-bond acceptors (Lipinski definition) is 10. The predicted octanol–water partition coefficient (Wildman–Crippen LogP) is 3.52. The highest BCUT2D eigenvalue weighted by molar-refractivity contribution is 6.13. The minimum atomic E-state index is -0.351. The van der Waals surface area contributed by atoms with Gasteiger partial charge in [-0.15, -0.1) is 0 Å². The van der Waals surface area contributed by atoms with Crippen LogP contribution in [0.15, 0.2) is 30.7 Å². The first-order valence-electron chi connectivity index (χ1n) is 15.0. The van der Waals surface area contributed by atoms with Gasteiger partial charge in [-0.05, 0) is 69.1 Å². The fourth-order valence-electron chi connectivity index (χ4n) is 5.15. The van der Waals surface area contributed by atoms with E-state index in [-0.39, 0.29) is 24.4 Å². The van der Waals surface area contributed by atoms with Gasteiger partial charge in [0.05, 0.1) is 17.9 Å². The Morgan fingerprint density at radius 2 is 1.64 bits per heavy atom. The Hall–Kier alpha value is -5.01. The van der Waals surface area contributed by atoms with Gasteiger partial charge in [0.25, 0.3) is 0 Å². The molecular weight excluding hydrogens is 562 g/mol. The molecule has 4 aromatic rings. The third kappa shape index (κ3) is 5.92. The van der Waals surface area contributed by atoms with Crippen molar-refractivity contribution >= 4 is 41.6 Å². The lowest BCUT2D eigenvalue weighted by Crippen LogP contribution is -2.30. The second-order valence-electron chi connectivity index (χ2n) is 11.8. The molecule has 4 amide bonds. The summed E-state index contributed by atoms with van der Waals surface area (Å²) in [4.78, 5) is 64.6. The van der Waals surface area contributed by atoms with Crippen LogP contribution < -0.4 is 15.5 Å². The molecule has 0 unspecified atom stereocenters. The molecule has 4 fully saturated rings. The number of imide groups is 1. The van der Waals surface area contributed by atoms with Gasteiger partial charge in [0.15, 0.2) is 5.65 Å². The fourth-order valence-corrected chi connectivity index (χ4v) is 5.15. The van der Waals surface area contributed by atoms with Gasteiger partial charge in [-0.1, -0.05) is 0 Å². The molecule has 5 heterocycles. The summed E-state index contributed by atoms with van der Waals surface area (Å²) in [6.07, 6.45) is 13.2. The molecule has 0 spiro atoms. The monoisotopic (exact) mass is 595 g/mol. The second-order valence-corrected chi connectivity index (χ2v) is 11.8. The normalized spacial score (nSPS) is 18.0. The molecule has 0 atom stereocenters. The van der Waals surface area contributed by atoms with Crippen LogP contribution >= 0.6 is 0 Å². The fraction of sp³-hybridized carbons (Fsp3) is 0.433. The number of pyridine rings is 1. The molecule has 4 aliphatic rings. The van der Waals surface area contributed by atoms with Crippen LogP contribution in [0.5, 0.6) is 0 Å². The van der Waals surface area contributed by atoms with Crippen molar-refractivity contribution in [2.24, 2.45) is 0 Å². The summed E-state index contributed by atoms with van der Waals surface area (Å²) in [7, 11) is 1.49. The lowest BCUT2D eigenvalue weighted by atomic mass is 10.1. The summed E-state index contributed by atoms with van der Waals surface area (Å²) < 4.78 is 1.92. The molecule has 0 bridgehead atoms. The van der Waals surface area contributed by atoms with Crippen molar-refractivity contribution < 1.29 is 14.4 Å². The molecular formula is C30H33N11O3. The van der Waals surface area contributed by atoms with Crippen molar-refractivity contribution in [1.29, 1.82) is 0 Å². The zero-order valence-electron chi connectivity index (χ0n) is 24.6. The van der Waals surface area contributed by atoms with Crippen LogP contribution in [0.1, 0.15) is 84.9 Å². The Bertz CT molecular complexity index is 1760. The van der Waals surface area contributed by atoms with Gasteiger partial charge in [-0.25, -0.2) is 19.7 Å². The van der Waals surface area contributed by atoms with Gasteiger partial charge in [0, 0.05) is 43.2 Å². The van der Waals surface area contributed by atoms with Crippen LogP contribution in [-0.2, 0) is 16.1 Å². The summed E-state index contributed by atoms with van der Waals surface area (Å²) >= 11 is 0. The van der Waals surface area contributed by atoms with Gasteiger partial charge in [-0.3, -0.25) is 24.7 Å². The molecule has 3 aliphatic carbocycles. The Morgan fingerprint density at radius 3 is 2.30 bits per heavy atom. The van der Waals surface area contributed by atoms with Crippen molar-refractivity contribution in [3.63, 3.8) is 0 Å².